The van der Waals surface area contributed by atoms with Crippen LogP contribution in [0.15, 0.2) is 36.4 Å². The van der Waals surface area contributed by atoms with Crippen molar-refractivity contribution in [1.82, 2.24) is 0 Å². The van der Waals surface area contributed by atoms with E-state index in [1.807, 2.05) is 43.3 Å². The molecule has 0 spiro atoms. The minimum absolute atomic E-state index is 0.0298. The molecule has 1 heterocycles. The normalized spacial score (nSPS) is 14.8. The number of fused-ring (bicyclic) bond motifs is 1. The Bertz CT molecular complexity index is 697. The van der Waals surface area contributed by atoms with E-state index in [2.05, 4.69) is 5.32 Å². The SMILES string of the molecule is Cc1ccc(Cl)cc1C(Cl)c1ccc2c(c1)CC(=O)N2. The van der Waals surface area contributed by atoms with E-state index in [-0.39, 0.29) is 11.3 Å². The Kier molecular flexibility index (Phi) is 3.45. The lowest BCUT2D eigenvalue weighted by Gasteiger charge is -2.14. The maximum atomic E-state index is 11.4. The molecule has 0 fully saturated rings. The van der Waals surface area contributed by atoms with Crippen LogP contribution in [0.5, 0.6) is 0 Å². The zero-order valence-electron chi connectivity index (χ0n) is 10.9. The standard InChI is InChI=1S/C16H13Cl2NO/c1-9-2-4-12(17)8-13(9)16(18)10-3-5-14-11(6-10)7-15(20)19-14/h2-6,8,16H,7H2,1H3,(H,19,20). The summed E-state index contributed by atoms with van der Waals surface area (Å²) in [7, 11) is 0. The third-order valence-electron chi connectivity index (χ3n) is 3.56. The summed E-state index contributed by atoms with van der Waals surface area (Å²) in [5.74, 6) is 0.0298. The highest BCUT2D eigenvalue weighted by molar-refractivity contribution is 6.31. The number of halogens is 2. The van der Waals surface area contributed by atoms with Crippen molar-refractivity contribution in [2.75, 3.05) is 5.32 Å². The summed E-state index contributed by atoms with van der Waals surface area (Å²) in [6, 6.07) is 11.6. The van der Waals surface area contributed by atoms with Crippen LogP contribution < -0.4 is 5.32 Å². The number of nitrogens with one attached hydrogen (secondary N) is 1. The van der Waals surface area contributed by atoms with E-state index in [0.29, 0.717) is 11.4 Å². The van der Waals surface area contributed by atoms with Crippen molar-refractivity contribution in [3.8, 4) is 0 Å². The van der Waals surface area contributed by atoms with Gasteiger partial charge in [-0.1, -0.05) is 29.8 Å². The molecule has 1 N–H and O–H groups in total. The second kappa shape index (κ2) is 5.12. The Labute approximate surface area is 127 Å². The average molecular weight is 306 g/mol. The maximum absolute atomic E-state index is 11.4. The Balaban J connectivity index is 1.99. The number of carbonyl (C=O) groups is 1. The Morgan fingerprint density at radius 3 is 2.80 bits per heavy atom. The molecule has 0 bridgehead atoms. The first-order valence-electron chi connectivity index (χ1n) is 6.37. The topological polar surface area (TPSA) is 29.1 Å². The van der Waals surface area contributed by atoms with Crippen LogP contribution in [0.25, 0.3) is 0 Å². The van der Waals surface area contributed by atoms with Crippen LogP contribution in [0.1, 0.15) is 27.6 Å². The lowest BCUT2D eigenvalue weighted by molar-refractivity contribution is -0.115. The molecule has 2 aromatic rings. The van der Waals surface area contributed by atoms with E-state index in [4.69, 9.17) is 23.2 Å². The van der Waals surface area contributed by atoms with Crippen molar-refractivity contribution >= 4 is 34.8 Å². The van der Waals surface area contributed by atoms with Gasteiger partial charge in [0, 0.05) is 10.7 Å². The van der Waals surface area contributed by atoms with Gasteiger partial charge in [0.25, 0.3) is 0 Å². The Morgan fingerprint density at radius 2 is 2.00 bits per heavy atom. The van der Waals surface area contributed by atoms with Gasteiger partial charge in [0.15, 0.2) is 0 Å². The molecule has 1 atom stereocenters. The van der Waals surface area contributed by atoms with Crippen molar-refractivity contribution in [2.24, 2.45) is 0 Å². The first-order valence-corrected chi connectivity index (χ1v) is 7.19. The van der Waals surface area contributed by atoms with Gasteiger partial charge >= 0.3 is 0 Å². The van der Waals surface area contributed by atoms with Gasteiger partial charge in [-0.15, -0.1) is 11.6 Å². The number of amides is 1. The quantitative estimate of drug-likeness (QED) is 0.815. The third-order valence-corrected chi connectivity index (χ3v) is 4.28. The van der Waals surface area contributed by atoms with Crippen molar-refractivity contribution in [2.45, 2.75) is 18.7 Å². The molecule has 1 unspecified atom stereocenters. The predicted molar refractivity (Wildman–Crippen MR) is 82.7 cm³/mol. The number of carbonyl (C=O) groups excluding carboxylic acids is 1. The molecule has 4 heteroatoms. The second-order valence-corrected chi connectivity index (χ2v) is 5.88. The molecular formula is C16H13Cl2NO. The molecule has 0 aliphatic carbocycles. The van der Waals surface area contributed by atoms with Crippen molar-refractivity contribution in [3.63, 3.8) is 0 Å². The van der Waals surface area contributed by atoms with Gasteiger partial charge in [0.05, 0.1) is 11.8 Å². The van der Waals surface area contributed by atoms with E-state index in [1.165, 1.54) is 0 Å². The summed E-state index contributed by atoms with van der Waals surface area (Å²) < 4.78 is 0. The molecule has 1 aliphatic rings. The van der Waals surface area contributed by atoms with E-state index >= 15 is 0 Å². The molecule has 2 aromatic carbocycles. The molecular weight excluding hydrogens is 293 g/mol. The predicted octanol–water partition coefficient (Wildman–Crippen LogP) is 4.47. The van der Waals surface area contributed by atoms with Crippen molar-refractivity contribution < 1.29 is 4.79 Å². The minimum atomic E-state index is -0.269. The smallest absolute Gasteiger partial charge is 0.228 e. The Morgan fingerprint density at radius 1 is 1.20 bits per heavy atom. The van der Waals surface area contributed by atoms with Crippen LogP contribution >= 0.6 is 23.2 Å². The van der Waals surface area contributed by atoms with Crippen molar-refractivity contribution in [1.29, 1.82) is 0 Å². The van der Waals surface area contributed by atoms with Crippen LogP contribution in [-0.2, 0) is 11.2 Å². The first-order chi connectivity index (χ1) is 9.54. The average Bonchev–Trinajstić information content (AvgIpc) is 2.79. The summed E-state index contributed by atoms with van der Waals surface area (Å²) in [6.45, 7) is 2.01. The van der Waals surface area contributed by atoms with E-state index in [9.17, 15) is 4.79 Å². The van der Waals surface area contributed by atoms with Crippen LogP contribution in [0.2, 0.25) is 5.02 Å². The third kappa shape index (κ3) is 2.41. The number of benzene rings is 2. The van der Waals surface area contributed by atoms with E-state index in [1.54, 1.807) is 0 Å². The fourth-order valence-electron chi connectivity index (χ4n) is 2.47. The molecule has 0 saturated heterocycles. The molecule has 1 aliphatic heterocycles. The molecule has 1 amide bonds. The summed E-state index contributed by atoms with van der Waals surface area (Å²) >= 11 is 12.6. The van der Waals surface area contributed by atoms with Crippen LogP contribution in [0.4, 0.5) is 5.69 Å². The Hall–Kier alpha value is -1.51. The second-order valence-electron chi connectivity index (χ2n) is 5.01. The van der Waals surface area contributed by atoms with Gasteiger partial charge in [-0.2, -0.15) is 0 Å². The summed E-state index contributed by atoms with van der Waals surface area (Å²) in [5.41, 5.74) is 4.95. The zero-order chi connectivity index (χ0) is 14.3. The highest BCUT2D eigenvalue weighted by atomic mass is 35.5. The van der Waals surface area contributed by atoms with Crippen molar-refractivity contribution in [3.05, 3.63) is 63.7 Å². The number of aryl methyl sites for hydroxylation is 1. The molecule has 3 rings (SSSR count). The molecule has 0 radical (unpaired) electrons. The summed E-state index contributed by atoms with van der Waals surface area (Å²) in [4.78, 5) is 11.4. The van der Waals surface area contributed by atoms with Gasteiger partial charge in [0.1, 0.15) is 0 Å². The van der Waals surface area contributed by atoms with E-state index in [0.717, 1.165) is 27.9 Å². The molecule has 0 aromatic heterocycles. The number of alkyl halides is 1. The maximum Gasteiger partial charge on any atom is 0.228 e. The highest BCUT2D eigenvalue weighted by Gasteiger charge is 2.20. The van der Waals surface area contributed by atoms with Gasteiger partial charge < -0.3 is 5.32 Å². The van der Waals surface area contributed by atoms with Gasteiger partial charge in [-0.05, 0) is 47.4 Å². The largest absolute Gasteiger partial charge is 0.326 e. The fourth-order valence-corrected chi connectivity index (χ4v) is 3.02. The number of hydrogen-bond donors (Lipinski definition) is 1. The van der Waals surface area contributed by atoms with Crippen LogP contribution in [-0.4, -0.2) is 5.91 Å². The minimum Gasteiger partial charge on any atom is -0.326 e. The fraction of sp³-hybridized carbons (Fsp3) is 0.188. The monoisotopic (exact) mass is 305 g/mol. The zero-order valence-corrected chi connectivity index (χ0v) is 12.4. The number of rotatable bonds is 2. The van der Waals surface area contributed by atoms with Crippen LogP contribution in [0, 0.1) is 6.92 Å². The molecule has 2 nitrogen and oxygen atoms in total. The summed E-state index contributed by atoms with van der Waals surface area (Å²) in [5, 5.41) is 3.23. The van der Waals surface area contributed by atoms with Gasteiger partial charge in [0.2, 0.25) is 5.91 Å². The summed E-state index contributed by atoms with van der Waals surface area (Å²) in [6.07, 6.45) is 0.418. The molecule has 102 valence electrons. The lowest BCUT2D eigenvalue weighted by atomic mass is 9.98. The number of hydrogen-bond acceptors (Lipinski definition) is 1. The van der Waals surface area contributed by atoms with Crippen LogP contribution in [0.3, 0.4) is 0 Å². The molecule has 20 heavy (non-hydrogen) atoms. The highest BCUT2D eigenvalue weighted by Crippen LogP contribution is 2.35. The van der Waals surface area contributed by atoms with E-state index < -0.39 is 0 Å². The van der Waals surface area contributed by atoms with Gasteiger partial charge in [-0.3, -0.25) is 4.79 Å². The first kappa shape index (κ1) is 13.5. The van der Waals surface area contributed by atoms with Gasteiger partial charge in [-0.25, -0.2) is 0 Å². The number of anilines is 1. The molecule has 0 saturated carbocycles. The lowest BCUT2D eigenvalue weighted by Crippen LogP contribution is -2.03.